The Labute approximate surface area is 116 Å². The van der Waals surface area contributed by atoms with Crippen molar-refractivity contribution < 1.29 is 9.84 Å². The van der Waals surface area contributed by atoms with Crippen molar-refractivity contribution in [3.8, 4) is 0 Å². The first kappa shape index (κ1) is 14.0. The highest BCUT2D eigenvalue weighted by atomic mass is 79.9. The second-order valence-electron chi connectivity index (χ2n) is 5.07. The second kappa shape index (κ2) is 5.31. The molecule has 1 heterocycles. The van der Waals surface area contributed by atoms with Crippen LogP contribution in [-0.2, 0) is 24.6 Å². The Morgan fingerprint density at radius 2 is 2.17 bits per heavy atom. The fraction of sp³-hybridized carbons (Fsp3) is 0.769. The number of hydrogen-bond acceptors (Lipinski definition) is 3. The zero-order valence-corrected chi connectivity index (χ0v) is 12.8. The molecule has 18 heavy (non-hydrogen) atoms. The van der Waals surface area contributed by atoms with Crippen molar-refractivity contribution in [2.24, 2.45) is 7.05 Å². The van der Waals surface area contributed by atoms with Gasteiger partial charge in [-0.15, -0.1) is 0 Å². The summed E-state index contributed by atoms with van der Waals surface area (Å²) in [6.45, 7) is 4.79. The van der Waals surface area contributed by atoms with Gasteiger partial charge in [-0.3, -0.25) is 4.68 Å². The van der Waals surface area contributed by atoms with E-state index in [2.05, 4.69) is 28.0 Å². The molecule has 2 rings (SSSR count). The van der Waals surface area contributed by atoms with Crippen molar-refractivity contribution in [3.63, 3.8) is 0 Å². The molecule has 1 aliphatic rings. The minimum Gasteiger partial charge on any atom is -0.389 e. The normalized spacial score (nSPS) is 27.3. The molecule has 0 atom stereocenters. The molecule has 5 heteroatoms. The number of aliphatic hydroxyl groups is 1. The van der Waals surface area contributed by atoms with Gasteiger partial charge in [-0.05, 0) is 29.3 Å². The third-order valence-electron chi connectivity index (χ3n) is 3.62. The van der Waals surface area contributed by atoms with Gasteiger partial charge in [-0.25, -0.2) is 0 Å². The summed E-state index contributed by atoms with van der Waals surface area (Å²) in [7, 11) is 1.93. The largest absolute Gasteiger partial charge is 0.389 e. The van der Waals surface area contributed by atoms with Gasteiger partial charge in [0.1, 0.15) is 0 Å². The van der Waals surface area contributed by atoms with E-state index in [1.54, 1.807) is 0 Å². The molecule has 1 saturated carbocycles. The van der Waals surface area contributed by atoms with E-state index in [4.69, 9.17) is 4.74 Å². The van der Waals surface area contributed by atoms with E-state index in [9.17, 15) is 5.11 Å². The molecule has 4 nitrogen and oxygen atoms in total. The average molecular weight is 317 g/mol. The Kier molecular flexibility index (Phi) is 4.14. The third kappa shape index (κ3) is 2.63. The Morgan fingerprint density at radius 1 is 1.50 bits per heavy atom. The molecule has 1 aliphatic carbocycles. The lowest BCUT2D eigenvalue weighted by Crippen LogP contribution is -2.50. The molecule has 0 spiro atoms. The Hall–Kier alpha value is -0.390. The molecule has 0 bridgehead atoms. The maximum atomic E-state index is 10.4. The molecule has 1 aromatic rings. The number of ether oxygens (including phenoxy) is 1. The van der Waals surface area contributed by atoms with Gasteiger partial charge < -0.3 is 9.84 Å². The maximum absolute atomic E-state index is 10.4. The highest BCUT2D eigenvalue weighted by Gasteiger charge is 2.44. The lowest BCUT2D eigenvalue weighted by Gasteiger charge is -2.43. The van der Waals surface area contributed by atoms with Crippen LogP contribution in [0, 0.1) is 0 Å². The lowest BCUT2D eigenvalue weighted by molar-refractivity contribution is -0.137. The van der Waals surface area contributed by atoms with E-state index < -0.39 is 5.60 Å². The second-order valence-corrected chi connectivity index (χ2v) is 5.86. The SMILES string of the molecule is CCOC1CC(O)(Cc2c(Br)c(CC)nn2C)C1. The maximum Gasteiger partial charge on any atom is 0.0766 e. The molecule has 0 unspecified atom stereocenters. The number of halogens is 1. The van der Waals surface area contributed by atoms with Crippen molar-refractivity contribution in [1.82, 2.24) is 9.78 Å². The van der Waals surface area contributed by atoms with Crippen LogP contribution >= 0.6 is 15.9 Å². The number of nitrogens with zero attached hydrogens (tertiary/aromatic N) is 2. The van der Waals surface area contributed by atoms with Crippen LogP contribution in [0.2, 0.25) is 0 Å². The van der Waals surface area contributed by atoms with Crippen LogP contribution in [0.4, 0.5) is 0 Å². The van der Waals surface area contributed by atoms with Crippen LogP contribution < -0.4 is 0 Å². The van der Waals surface area contributed by atoms with E-state index in [1.807, 2.05) is 18.7 Å². The van der Waals surface area contributed by atoms with Crippen molar-refractivity contribution in [1.29, 1.82) is 0 Å². The third-order valence-corrected chi connectivity index (χ3v) is 4.53. The van der Waals surface area contributed by atoms with Gasteiger partial charge in [-0.2, -0.15) is 5.10 Å². The highest BCUT2D eigenvalue weighted by Crippen LogP contribution is 2.38. The number of aryl methyl sites for hydroxylation is 2. The number of rotatable bonds is 5. The van der Waals surface area contributed by atoms with Crippen molar-refractivity contribution in [2.75, 3.05) is 6.61 Å². The van der Waals surface area contributed by atoms with Crippen LogP contribution in [0.5, 0.6) is 0 Å². The summed E-state index contributed by atoms with van der Waals surface area (Å²) in [6, 6.07) is 0. The van der Waals surface area contributed by atoms with E-state index >= 15 is 0 Å². The summed E-state index contributed by atoms with van der Waals surface area (Å²) < 4.78 is 8.42. The molecule has 1 aromatic heterocycles. The van der Waals surface area contributed by atoms with Crippen molar-refractivity contribution >= 4 is 15.9 Å². The fourth-order valence-electron chi connectivity index (χ4n) is 2.61. The van der Waals surface area contributed by atoms with Crippen LogP contribution in [0.15, 0.2) is 4.47 Å². The minimum absolute atomic E-state index is 0.220. The lowest BCUT2D eigenvalue weighted by atomic mass is 9.74. The molecule has 1 N–H and O–H groups in total. The Bertz CT molecular complexity index is 425. The zero-order valence-electron chi connectivity index (χ0n) is 11.2. The van der Waals surface area contributed by atoms with E-state index in [0.717, 1.165) is 41.7 Å². The minimum atomic E-state index is -0.624. The van der Waals surface area contributed by atoms with Gasteiger partial charge in [0.05, 0.1) is 27.6 Å². The zero-order chi connectivity index (χ0) is 13.3. The molecule has 0 saturated heterocycles. The van der Waals surface area contributed by atoms with Crippen LogP contribution in [0.1, 0.15) is 38.1 Å². The summed E-state index contributed by atoms with van der Waals surface area (Å²) in [5, 5.41) is 14.9. The summed E-state index contributed by atoms with van der Waals surface area (Å²) in [4.78, 5) is 0. The van der Waals surface area contributed by atoms with Crippen LogP contribution in [0.3, 0.4) is 0 Å². The van der Waals surface area contributed by atoms with Gasteiger partial charge in [0.25, 0.3) is 0 Å². The van der Waals surface area contributed by atoms with Gasteiger partial charge in [0, 0.05) is 32.9 Å². The number of aromatic nitrogens is 2. The topological polar surface area (TPSA) is 47.3 Å². The molecule has 0 aliphatic heterocycles. The first-order valence-electron chi connectivity index (χ1n) is 6.53. The quantitative estimate of drug-likeness (QED) is 0.906. The average Bonchev–Trinajstić information content (AvgIpc) is 2.55. The van der Waals surface area contributed by atoms with E-state index in [0.29, 0.717) is 6.42 Å². The predicted molar refractivity (Wildman–Crippen MR) is 73.6 cm³/mol. The Balaban J connectivity index is 2.04. The van der Waals surface area contributed by atoms with E-state index in [1.165, 1.54) is 0 Å². The summed E-state index contributed by atoms with van der Waals surface area (Å²) in [6.07, 6.45) is 3.20. The number of hydrogen-bond donors (Lipinski definition) is 1. The van der Waals surface area contributed by atoms with Gasteiger partial charge in [0.15, 0.2) is 0 Å². The first-order chi connectivity index (χ1) is 8.49. The molecule has 0 aromatic carbocycles. The highest BCUT2D eigenvalue weighted by molar-refractivity contribution is 9.10. The molecule has 102 valence electrons. The summed E-state index contributed by atoms with van der Waals surface area (Å²) >= 11 is 3.59. The van der Waals surface area contributed by atoms with Gasteiger partial charge >= 0.3 is 0 Å². The van der Waals surface area contributed by atoms with Crippen LogP contribution in [-0.4, -0.2) is 33.2 Å². The smallest absolute Gasteiger partial charge is 0.0766 e. The predicted octanol–water partition coefficient (Wildman–Crippen LogP) is 2.22. The summed E-state index contributed by atoms with van der Waals surface area (Å²) in [5.74, 6) is 0. The van der Waals surface area contributed by atoms with Crippen LogP contribution in [0.25, 0.3) is 0 Å². The molecule has 0 amide bonds. The fourth-order valence-corrected chi connectivity index (χ4v) is 3.37. The van der Waals surface area contributed by atoms with E-state index in [-0.39, 0.29) is 6.10 Å². The summed E-state index contributed by atoms with van der Waals surface area (Å²) in [5.41, 5.74) is 1.50. The van der Waals surface area contributed by atoms with Gasteiger partial charge in [-0.1, -0.05) is 6.92 Å². The molecular weight excluding hydrogens is 296 g/mol. The molecular formula is C13H21BrN2O2. The molecule has 1 fully saturated rings. The first-order valence-corrected chi connectivity index (χ1v) is 7.32. The Morgan fingerprint density at radius 3 is 2.67 bits per heavy atom. The standard InChI is InChI=1S/C13H21BrN2O2/c1-4-10-12(14)11(16(3)15-10)8-13(17)6-9(7-13)18-5-2/h9,17H,4-8H2,1-3H3. The van der Waals surface area contributed by atoms with Gasteiger partial charge in [0.2, 0.25) is 0 Å². The van der Waals surface area contributed by atoms with Crippen molar-refractivity contribution in [3.05, 3.63) is 15.9 Å². The van der Waals surface area contributed by atoms with Crippen molar-refractivity contribution in [2.45, 2.75) is 51.2 Å². The monoisotopic (exact) mass is 316 g/mol. The molecule has 0 radical (unpaired) electrons.